The van der Waals surface area contributed by atoms with E-state index in [0.29, 0.717) is 5.56 Å². The molecule has 1 heterocycles. The van der Waals surface area contributed by atoms with Crippen LogP contribution in [0.1, 0.15) is 16.7 Å². The molecule has 2 nitrogen and oxygen atoms in total. The van der Waals surface area contributed by atoms with Crippen molar-refractivity contribution in [3.05, 3.63) is 28.0 Å². The summed E-state index contributed by atoms with van der Waals surface area (Å²) in [6, 6.07) is 2.01. The zero-order valence-corrected chi connectivity index (χ0v) is 7.11. The van der Waals surface area contributed by atoms with E-state index in [4.69, 9.17) is 16.9 Å². The van der Waals surface area contributed by atoms with E-state index in [1.54, 1.807) is 6.20 Å². The lowest BCUT2D eigenvalue weighted by Crippen LogP contribution is -1.90. The number of aromatic nitrogens is 1. The largest absolute Gasteiger partial charge is 0.243 e. The minimum Gasteiger partial charge on any atom is -0.243 e. The van der Waals surface area contributed by atoms with Crippen molar-refractivity contribution >= 4 is 11.6 Å². The molecule has 0 saturated carbocycles. The number of hydrogen-bond acceptors (Lipinski definition) is 2. The summed E-state index contributed by atoms with van der Waals surface area (Å²) in [7, 11) is 0. The van der Waals surface area contributed by atoms with Crippen LogP contribution in [0.15, 0.2) is 6.20 Å². The van der Waals surface area contributed by atoms with Gasteiger partial charge in [-0.25, -0.2) is 4.98 Å². The van der Waals surface area contributed by atoms with E-state index in [-0.39, 0.29) is 5.15 Å². The van der Waals surface area contributed by atoms with E-state index in [2.05, 4.69) is 4.98 Å². The first kappa shape index (κ1) is 8.03. The Bertz CT molecular complexity index is 326. The van der Waals surface area contributed by atoms with Gasteiger partial charge in [-0.3, -0.25) is 0 Å². The molecule has 0 bridgehead atoms. The molecule has 11 heavy (non-hydrogen) atoms. The summed E-state index contributed by atoms with van der Waals surface area (Å²) in [4.78, 5) is 3.85. The van der Waals surface area contributed by atoms with Crippen molar-refractivity contribution in [1.29, 1.82) is 5.26 Å². The van der Waals surface area contributed by atoms with Gasteiger partial charge in [0.2, 0.25) is 0 Å². The van der Waals surface area contributed by atoms with E-state index in [1.807, 2.05) is 19.9 Å². The highest BCUT2D eigenvalue weighted by atomic mass is 35.5. The monoisotopic (exact) mass is 166 g/mol. The number of rotatable bonds is 0. The third kappa shape index (κ3) is 1.33. The Kier molecular flexibility index (Phi) is 2.11. The van der Waals surface area contributed by atoms with Crippen LogP contribution >= 0.6 is 11.6 Å². The summed E-state index contributed by atoms with van der Waals surface area (Å²) in [5.74, 6) is 0. The number of aryl methyl sites for hydroxylation is 1. The summed E-state index contributed by atoms with van der Waals surface area (Å²) in [5, 5.41) is 8.94. The highest BCUT2D eigenvalue weighted by Gasteiger charge is 2.05. The van der Waals surface area contributed by atoms with E-state index in [9.17, 15) is 0 Å². The SMILES string of the molecule is Cc1cnc(Cl)c(C#N)c1C. The van der Waals surface area contributed by atoms with Gasteiger partial charge in [0.25, 0.3) is 0 Å². The first-order chi connectivity index (χ1) is 5.16. The molecule has 1 aromatic rings. The molecular formula is C8H7ClN2. The zero-order valence-electron chi connectivity index (χ0n) is 6.35. The predicted octanol–water partition coefficient (Wildman–Crippen LogP) is 2.22. The van der Waals surface area contributed by atoms with Crippen molar-refractivity contribution in [2.45, 2.75) is 13.8 Å². The summed E-state index contributed by atoms with van der Waals surface area (Å²) in [6.45, 7) is 3.76. The van der Waals surface area contributed by atoms with Gasteiger partial charge in [0.15, 0.2) is 0 Å². The lowest BCUT2D eigenvalue weighted by atomic mass is 10.1. The molecular weight excluding hydrogens is 160 g/mol. The van der Waals surface area contributed by atoms with Gasteiger partial charge < -0.3 is 0 Å². The molecule has 0 fully saturated rings. The predicted molar refractivity (Wildman–Crippen MR) is 43.4 cm³/mol. The van der Waals surface area contributed by atoms with Crippen molar-refractivity contribution in [2.24, 2.45) is 0 Å². The van der Waals surface area contributed by atoms with Gasteiger partial charge in [-0.05, 0) is 25.0 Å². The van der Waals surface area contributed by atoms with Crippen molar-refractivity contribution in [2.75, 3.05) is 0 Å². The van der Waals surface area contributed by atoms with Crippen LogP contribution < -0.4 is 0 Å². The van der Waals surface area contributed by atoms with Crippen LogP contribution in [-0.2, 0) is 0 Å². The molecule has 0 spiro atoms. The molecule has 0 N–H and O–H groups in total. The number of nitrogens with zero attached hydrogens (tertiary/aromatic N) is 2. The fraction of sp³-hybridized carbons (Fsp3) is 0.250. The molecule has 1 rings (SSSR count). The first-order valence-electron chi connectivity index (χ1n) is 3.18. The molecule has 0 aliphatic heterocycles. The molecule has 3 heteroatoms. The van der Waals surface area contributed by atoms with Crippen molar-refractivity contribution < 1.29 is 0 Å². The molecule has 0 aromatic carbocycles. The van der Waals surface area contributed by atoms with Crippen molar-refractivity contribution in [3.63, 3.8) is 0 Å². The molecule has 0 saturated heterocycles. The molecule has 1 aromatic heterocycles. The van der Waals surface area contributed by atoms with Crippen LogP contribution in [0.3, 0.4) is 0 Å². The average molecular weight is 167 g/mol. The van der Waals surface area contributed by atoms with E-state index >= 15 is 0 Å². The standard InChI is InChI=1S/C8H7ClN2/c1-5-4-11-8(9)7(3-10)6(5)2/h4H,1-2H3. The third-order valence-corrected chi connectivity index (χ3v) is 1.94. The second-order valence-corrected chi connectivity index (χ2v) is 2.70. The van der Waals surface area contributed by atoms with Gasteiger partial charge in [-0.15, -0.1) is 0 Å². The lowest BCUT2D eigenvalue weighted by Gasteiger charge is -2.01. The van der Waals surface area contributed by atoms with Crippen LogP contribution in [-0.4, -0.2) is 4.98 Å². The zero-order chi connectivity index (χ0) is 8.43. The molecule has 0 aliphatic rings. The number of pyridine rings is 1. The summed E-state index contributed by atoms with van der Waals surface area (Å²) >= 11 is 5.67. The van der Waals surface area contributed by atoms with Gasteiger partial charge in [0.05, 0.1) is 5.56 Å². The Morgan fingerprint density at radius 1 is 1.55 bits per heavy atom. The summed E-state index contributed by atoms with van der Waals surface area (Å²) < 4.78 is 0. The molecule has 0 radical (unpaired) electrons. The number of halogens is 1. The topological polar surface area (TPSA) is 36.7 Å². The Morgan fingerprint density at radius 3 is 2.64 bits per heavy atom. The Morgan fingerprint density at radius 2 is 2.18 bits per heavy atom. The minimum atomic E-state index is 0.288. The normalized spacial score (nSPS) is 9.27. The summed E-state index contributed by atoms with van der Waals surface area (Å²) in [6.07, 6.45) is 1.67. The Labute approximate surface area is 70.4 Å². The average Bonchev–Trinajstić information content (AvgIpc) is 1.99. The van der Waals surface area contributed by atoms with Crippen molar-refractivity contribution in [1.82, 2.24) is 4.98 Å². The Balaban J connectivity index is 3.44. The van der Waals surface area contributed by atoms with Gasteiger partial charge in [0, 0.05) is 6.20 Å². The molecule has 0 amide bonds. The minimum absolute atomic E-state index is 0.288. The summed E-state index contributed by atoms with van der Waals surface area (Å²) in [5.41, 5.74) is 2.38. The molecule has 56 valence electrons. The van der Waals surface area contributed by atoms with Crippen LogP contribution in [0.25, 0.3) is 0 Å². The molecule has 0 aliphatic carbocycles. The fourth-order valence-electron chi connectivity index (χ4n) is 0.797. The quantitative estimate of drug-likeness (QED) is 0.555. The maximum absolute atomic E-state index is 8.65. The molecule has 0 unspecified atom stereocenters. The van der Waals surface area contributed by atoms with Gasteiger partial charge in [-0.2, -0.15) is 5.26 Å². The van der Waals surface area contributed by atoms with Crippen LogP contribution in [0.5, 0.6) is 0 Å². The second kappa shape index (κ2) is 2.89. The third-order valence-electron chi connectivity index (χ3n) is 1.66. The smallest absolute Gasteiger partial charge is 0.147 e. The number of hydrogen-bond donors (Lipinski definition) is 0. The Hall–Kier alpha value is -1.07. The second-order valence-electron chi connectivity index (χ2n) is 2.34. The van der Waals surface area contributed by atoms with Crippen LogP contribution in [0.2, 0.25) is 5.15 Å². The van der Waals surface area contributed by atoms with Crippen LogP contribution in [0.4, 0.5) is 0 Å². The van der Waals surface area contributed by atoms with Crippen molar-refractivity contribution in [3.8, 4) is 6.07 Å². The highest BCUT2D eigenvalue weighted by molar-refractivity contribution is 6.30. The maximum Gasteiger partial charge on any atom is 0.147 e. The van der Waals surface area contributed by atoms with E-state index in [0.717, 1.165) is 11.1 Å². The van der Waals surface area contributed by atoms with Gasteiger partial charge in [0.1, 0.15) is 11.2 Å². The first-order valence-corrected chi connectivity index (χ1v) is 3.56. The highest BCUT2D eigenvalue weighted by Crippen LogP contribution is 2.18. The van der Waals surface area contributed by atoms with Gasteiger partial charge >= 0.3 is 0 Å². The number of nitriles is 1. The van der Waals surface area contributed by atoms with E-state index < -0.39 is 0 Å². The molecule has 0 atom stereocenters. The van der Waals surface area contributed by atoms with Crippen LogP contribution in [0, 0.1) is 25.2 Å². The maximum atomic E-state index is 8.65. The van der Waals surface area contributed by atoms with E-state index in [1.165, 1.54) is 0 Å². The lowest BCUT2D eigenvalue weighted by molar-refractivity contribution is 1.19. The fourth-order valence-corrected chi connectivity index (χ4v) is 1.03. The van der Waals surface area contributed by atoms with Gasteiger partial charge in [-0.1, -0.05) is 11.6 Å².